The van der Waals surface area contributed by atoms with Crippen molar-refractivity contribution in [2.75, 3.05) is 7.11 Å². The molecule has 0 aromatic rings. The molecule has 0 aromatic heterocycles. The smallest absolute Gasteiger partial charge is 0.183 e. The number of hydrogen-bond acceptors (Lipinski definition) is 3. The van der Waals surface area contributed by atoms with E-state index in [1.165, 1.54) is 14.0 Å². The van der Waals surface area contributed by atoms with Gasteiger partial charge in [-0.1, -0.05) is 46.4 Å². The number of fused-ring (bicyclic) bond motifs is 2. The van der Waals surface area contributed by atoms with Crippen LogP contribution >= 0.6 is 69.6 Å². The van der Waals surface area contributed by atoms with E-state index in [9.17, 15) is 10.2 Å². The monoisotopic (exact) mass is 402 g/mol. The average molecular weight is 405 g/mol. The summed E-state index contributed by atoms with van der Waals surface area (Å²) in [7, 11) is 1.24. The zero-order chi connectivity index (χ0) is 15.7. The second-order valence-electron chi connectivity index (χ2n) is 5.29. The van der Waals surface area contributed by atoms with E-state index in [1.807, 2.05) is 0 Å². The molecule has 20 heavy (non-hydrogen) atoms. The molecule has 5 atom stereocenters. The lowest BCUT2D eigenvalue weighted by atomic mass is 9.78. The van der Waals surface area contributed by atoms with Gasteiger partial charge in [-0.3, -0.25) is 0 Å². The highest BCUT2D eigenvalue weighted by atomic mass is 35.5. The van der Waals surface area contributed by atoms with Crippen LogP contribution in [-0.4, -0.2) is 43.3 Å². The molecule has 0 amide bonds. The zero-order valence-electron chi connectivity index (χ0n) is 10.4. The van der Waals surface area contributed by atoms with Crippen LogP contribution in [0.2, 0.25) is 0 Å². The number of halogens is 6. The first kappa shape index (κ1) is 17.7. The molecule has 116 valence electrons. The van der Waals surface area contributed by atoms with Crippen molar-refractivity contribution < 1.29 is 14.9 Å². The van der Waals surface area contributed by atoms with E-state index in [0.717, 1.165) is 0 Å². The van der Waals surface area contributed by atoms with Crippen molar-refractivity contribution in [2.24, 2.45) is 5.92 Å². The van der Waals surface area contributed by atoms with Crippen LogP contribution in [0.4, 0.5) is 0 Å². The van der Waals surface area contributed by atoms with Gasteiger partial charge < -0.3 is 14.9 Å². The molecule has 5 unspecified atom stereocenters. The highest BCUT2D eigenvalue weighted by Crippen LogP contribution is 2.75. The van der Waals surface area contributed by atoms with Gasteiger partial charge in [-0.15, -0.1) is 23.2 Å². The van der Waals surface area contributed by atoms with Crippen molar-refractivity contribution in [3.05, 3.63) is 10.1 Å². The van der Waals surface area contributed by atoms with Crippen molar-refractivity contribution in [1.29, 1.82) is 0 Å². The summed E-state index contributed by atoms with van der Waals surface area (Å²) in [5.74, 6) is -0.867. The summed E-state index contributed by atoms with van der Waals surface area (Å²) < 4.78 is 3.03. The molecule has 0 spiro atoms. The van der Waals surface area contributed by atoms with Gasteiger partial charge in [-0.25, -0.2) is 0 Å². The standard InChI is InChI=1S/C11H12Cl6O3/c1-8(19,7(18)20-2)4-3-9(14)5(12)6(13)10(4,15)11(9,16)17/h4,7,18-19H,3H2,1-2H3. The quantitative estimate of drug-likeness (QED) is 0.558. The van der Waals surface area contributed by atoms with Gasteiger partial charge in [0.15, 0.2) is 10.6 Å². The van der Waals surface area contributed by atoms with Gasteiger partial charge in [-0.2, -0.15) is 0 Å². The van der Waals surface area contributed by atoms with Gasteiger partial charge in [0.1, 0.15) is 15.3 Å². The van der Waals surface area contributed by atoms with Crippen LogP contribution in [0, 0.1) is 5.92 Å². The Bertz CT molecular complexity index is 479. The maximum atomic E-state index is 10.6. The van der Waals surface area contributed by atoms with Crippen LogP contribution < -0.4 is 0 Å². The number of aliphatic hydroxyl groups is 2. The molecular formula is C11H12Cl6O3. The van der Waals surface area contributed by atoms with E-state index >= 15 is 0 Å². The molecule has 0 radical (unpaired) electrons. The lowest BCUT2D eigenvalue weighted by Crippen LogP contribution is -2.56. The Morgan fingerprint density at radius 2 is 1.75 bits per heavy atom. The number of aliphatic hydroxyl groups excluding tert-OH is 1. The van der Waals surface area contributed by atoms with Gasteiger partial charge >= 0.3 is 0 Å². The molecule has 1 fully saturated rings. The van der Waals surface area contributed by atoms with Gasteiger partial charge in [0, 0.05) is 13.0 Å². The second-order valence-corrected chi connectivity index (χ2v) is 8.61. The van der Waals surface area contributed by atoms with Crippen LogP contribution in [0.15, 0.2) is 10.1 Å². The number of rotatable bonds is 3. The first-order chi connectivity index (χ1) is 8.89. The van der Waals surface area contributed by atoms with E-state index < -0.39 is 31.9 Å². The summed E-state index contributed by atoms with van der Waals surface area (Å²) in [5.41, 5.74) is -1.78. The molecule has 1 saturated carbocycles. The fourth-order valence-corrected chi connectivity index (χ4v) is 5.82. The van der Waals surface area contributed by atoms with E-state index in [2.05, 4.69) is 0 Å². The van der Waals surface area contributed by atoms with E-state index in [4.69, 9.17) is 74.3 Å². The third-order valence-electron chi connectivity index (χ3n) is 4.21. The molecule has 2 N–H and O–H groups in total. The van der Waals surface area contributed by atoms with Crippen molar-refractivity contribution in [3.8, 4) is 0 Å². The fraction of sp³-hybridized carbons (Fsp3) is 0.818. The van der Waals surface area contributed by atoms with Gasteiger partial charge in [0.25, 0.3) is 0 Å². The van der Waals surface area contributed by atoms with Crippen LogP contribution in [-0.2, 0) is 4.74 Å². The third kappa shape index (κ3) is 1.79. The summed E-state index contributed by atoms with van der Waals surface area (Å²) in [4.78, 5) is -3.06. The highest BCUT2D eigenvalue weighted by molar-refractivity contribution is 6.65. The van der Waals surface area contributed by atoms with Crippen LogP contribution in [0.3, 0.4) is 0 Å². The normalized spacial score (nSPS) is 43.8. The summed E-state index contributed by atoms with van der Waals surface area (Å²) >= 11 is 37.8. The number of ether oxygens (including phenoxy) is 1. The number of methoxy groups -OCH3 is 1. The first-order valence-electron chi connectivity index (χ1n) is 5.64. The van der Waals surface area contributed by atoms with Crippen molar-refractivity contribution in [1.82, 2.24) is 0 Å². The van der Waals surface area contributed by atoms with Gasteiger partial charge in [0.2, 0.25) is 0 Å². The van der Waals surface area contributed by atoms with Gasteiger partial charge in [0.05, 0.1) is 10.1 Å². The van der Waals surface area contributed by atoms with Crippen molar-refractivity contribution in [3.63, 3.8) is 0 Å². The molecule has 2 aliphatic carbocycles. The average Bonchev–Trinajstić information content (AvgIpc) is 2.59. The molecule has 0 aliphatic heterocycles. The Labute approximate surface area is 146 Å². The summed E-state index contributed by atoms with van der Waals surface area (Å²) in [6.45, 7) is 1.35. The molecule has 2 bridgehead atoms. The Morgan fingerprint density at radius 3 is 2.10 bits per heavy atom. The molecule has 0 heterocycles. The summed E-state index contributed by atoms with van der Waals surface area (Å²) in [6.07, 6.45) is -1.48. The number of alkyl halides is 4. The largest absolute Gasteiger partial charge is 0.385 e. The van der Waals surface area contributed by atoms with Crippen LogP contribution in [0.25, 0.3) is 0 Å². The summed E-state index contributed by atoms with van der Waals surface area (Å²) in [6, 6.07) is 0. The van der Waals surface area contributed by atoms with E-state index in [-0.39, 0.29) is 16.5 Å². The fourth-order valence-electron chi connectivity index (χ4n) is 2.93. The maximum absolute atomic E-state index is 10.6. The lowest BCUT2D eigenvalue weighted by Gasteiger charge is -2.42. The maximum Gasteiger partial charge on any atom is 0.183 e. The van der Waals surface area contributed by atoms with Gasteiger partial charge in [-0.05, 0) is 13.3 Å². The Hall–Kier alpha value is 1.36. The van der Waals surface area contributed by atoms with Crippen LogP contribution in [0.5, 0.6) is 0 Å². The minimum atomic E-state index is -1.78. The third-order valence-corrected chi connectivity index (χ3v) is 8.49. The van der Waals surface area contributed by atoms with E-state index in [1.54, 1.807) is 0 Å². The SMILES string of the molecule is COC(O)C(C)(O)C1CC2(Cl)C(Cl)=C(Cl)C1(Cl)C2(Cl)Cl. The number of allylic oxidation sites excluding steroid dienone is 2. The highest BCUT2D eigenvalue weighted by Gasteiger charge is 2.81. The van der Waals surface area contributed by atoms with Crippen molar-refractivity contribution >= 4 is 69.6 Å². The predicted molar refractivity (Wildman–Crippen MR) is 82.1 cm³/mol. The first-order valence-corrected chi connectivity index (χ1v) is 7.91. The molecule has 0 saturated heterocycles. The second kappa shape index (κ2) is 4.93. The topological polar surface area (TPSA) is 49.7 Å². The Balaban J connectivity index is 2.59. The molecule has 0 aromatic carbocycles. The predicted octanol–water partition coefficient (Wildman–Crippen LogP) is 3.55. The van der Waals surface area contributed by atoms with E-state index in [0.29, 0.717) is 0 Å². The Kier molecular flexibility index (Phi) is 4.36. The molecule has 2 aliphatic rings. The molecule has 9 heteroatoms. The minimum Gasteiger partial charge on any atom is -0.385 e. The summed E-state index contributed by atoms with van der Waals surface area (Å²) in [5, 5.41) is 20.4. The molecule has 2 rings (SSSR count). The molecule has 3 nitrogen and oxygen atoms in total. The number of hydrogen-bond donors (Lipinski definition) is 2. The minimum absolute atomic E-state index is 0.0272. The Morgan fingerprint density at radius 1 is 1.25 bits per heavy atom. The van der Waals surface area contributed by atoms with Crippen molar-refractivity contribution in [2.45, 2.75) is 39.3 Å². The van der Waals surface area contributed by atoms with Crippen LogP contribution in [0.1, 0.15) is 13.3 Å². The zero-order valence-corrected chi connectivity index (χ0v) is 15.0. The molecular weight excluding hydrogens is 393 g/mol. The lowest BCUT2D eigenvalue weighted by molar-refractivity contribution is -0.215.